The van der Waals surface area contributed by atoms with Gasteiger partial charge in [0.05, 0.1) is 16.6 Å². The molecule has 0 saturated carbocycles. The van der Waals surface area contributed by atoms with E-state index in [4.69, 9.17) is 9.47 Å². The van der Waals surface area contributed by atoms with E-state index in [0.29, 0.717) is 5.92 Å². The van der Waals surface area contributed by atoms with Crippen molar-refractivity contribution in [3.63, 3.8) is 0 Å². The summed E-state index contributed by atoms with van der Waals surface area (Å²) in [6.07, 6.45) is 8.51. The third-order valence-electron chi connectivity index (χ3n) is 2.83. The molecule has 0 amide bonds. The Labute approximate surface area is 117 Å². The van der Waals surface area contributed by atoms with E-state index in [1.807, 2.05) is 0 Å². The Morgan fingerprint density at radius 3 is 2.53 bits per heavy atom. The molecule has 0 aromatic heterocycles. The van der Waals surface area contributed by atoms with Gasteiger partial charge in [-0.3, -0.25) is 0 Å². The summed E-state index contributed by atoms with van der Waals surface area (Å²) in [4.78, 5) is 0. The van der Waals surface area contributed by atoms with E-state index in [1.54, 1.807) is 0 Å². The van der Waals surface area contributed by atoms with Crippen LogP contribution in [0.15, 0.2) is 35.5 Å². The van der Waals surface area contributed by atoms with Gasteiger partial charge >= 0.3 is 0 Å². The van der Waals surface area contributed by atoms with Crippen molar-refractivity contribution in [2.24, 2.45) is 5.92 Å². The molecular formula is C14H19IO2. The molecule has 1 unspecified atom stereocenters. The van der Waals surface area contributed by atoms with Crippen LogP contribution in [0, 0.1) is 5.92 Å². The highest BCUT2D eigenvalue weighted by atomic mass is 127. The van der Waals surface area contributed by atoms with Crippen LogP contribution in [-0.2, 0) is 9.47 Å². The molecule has 0 aromatic carbocycles. The maximum atomic E-state index is 5.75. The standard InChI is InChI=1S/C14H19IO2/c1-10-4-5-12(7-14(3,15)6-10)13-16-8-11(2)9-17-13/h4-7,11,13H,8-9H2,1-3H3. The fourth-order valence-electron chi connectivity index (χ4n) is 2.08. The Kier molecular flexibility index (Phi) is 4.10. The van der Waals surface area contributed by atoms with Crippen LogP contribution in [0.25, 0.3) is 0 Å². The molecule has 1 fully saturated rings. The van der Waals surface area contributed by atoms with E-state index in [-0.39, 0.29) is 9.71 Å². The first-order chi connectivity index (χ1) is 7.96. The van der Waals surface area contributed by atoms with Gasteiger partial charge in [-0.2, -0.15) is 0 Å². The van der Waals surface area contributed by atoms with Gasteiger partial charge in [0.15, 0.2) is 6.29 Å². The lowest BCUT2D eigenvalue weighted by Gasteiger charge is -2.29. The van der Waals surface area contributed by atoms with Crippen LogP contribution >= 0.6 is 22.6 Å². The molecule has 3 heteroatoms. The van der Waals surface area contributed by atoms with Gasteiger partial charge in [-0.05, 0) is 13.8 Å². The smallest absolute Gasteiger partial charge is 0.183 e. The van der Waals surface area contributed by atoms with Crippen molar-refractivity contribution in [2.75, 3.05) is 13.2 Å². The molecule has 1 aliphatic carbocycles. The molecule has 1 aliphatic heterocycles. The Balaban J connectivity index is 2.16. The second kappa shape index (κ2) is 5.24. The Morgan fingerprint density at radius 1 is 1.24 bits per heavy atom. The third kappa shape index (κ3) is 3.66. The Morgan fingerprint density at radius 2 is 1.88 bits per heavy atom. The molecule has 1 atom stereocenters. The fourth-order valence-corrected chi connectivity index (χ4v) is 2.93. The average Bonchev–Trinajstić information content (AvgIpc) is 2.37. The molecule has 0 bridgehead atoms. The quantitative estimate of drug-likeness (QED) is 0.533. The molecule has 94 valence electrons. The maximum Gasteiger partial charge on any atom is 0.183 e. The number of halogens is 1. The summed E-state index contributed by atoms with van der Waals surface area (Å²) < 4.78 is 11.5. The van der Waals surface area contributed by atoms with Crippen molar-refractivity contribution in [1.82, 2.24) is 0 Å². The van der Waals surface area contributed by atoms with Crippen LogP contribution in [0.5, 0.6) is 0 Å². The molecule has 17 heavy (non-hydrogen) atoms. The van der Waals surface area contributed by atoms with Gasteiger partial charge in [-0.15, -0.1) is 0 Å². The van der Waals surface area contributed by atoms with Crippen LogP contribution in [0.2, 0.25) is 0 Å². The van der Waals surface area contributed by atoms with Crippen LogP contribution in [-0.4, -0.2) is 22.9 Å². The van der Waals surface area contributed by atoms with Crippen molar-refractivity contribution >= 4 is 22.6 Å². The lowest BCUT2D eigenvalue weighted by atomic mass is 10.1. The fraction of sp³-hybridized carbons (Fsp3) is 0.571. The highest BCUT2D eigenvalue weighted by Crippen LogP contribution is 2.30. The molecule has 2 aliphatic rings. The van der Waals surface area contributed by atoms with Gasteiger partial charge in [0.25, 0.3) is 0 Å². The highest BCUT2D eigenvalue weighted by Gasteiger charge is 2.25. The summed E-state index contributed by atoms with van der Waals surface area (Å²) in [6, 6.07) is 0. The summed E-state index contributed by atoms with van der Waals surface area (Å²) >= 11 is 2.44. The van der Waals surface area contributed by atoms with Crippen LogP contribution in [0.4, 0.5) is 0 Å². The molecule has 2 nitrogen and oxygen atoms in total. The van der Waals surface area contributed by atoms with Crippen LogP contribution in [0.1, 0.15) is 20.8 Å². The number of alkyl halides is 1. The summed E-state index contributed by atoms with van der Waals surface area (Å²) in [5.41, 5.74) is 2.40. The number of rotatable bonds is 1. The maximum absolute atomic E-state index is 5.75. The Hall–Kier alpha value is -0.130. The molecule has 0 N–H and O–H groups in total. The average molecular weight is 346 g/mol. The summed E-state index contributed by atoms with van der Waals surface area (Å²) in [5, 5.41) is 0. The molecule has 0 spiro atoms. The van der Waals surface area contributed by atoms with Crippen molar-refractivity contribution < 1.29 is 9.47 Å². The van der Waals surface area contributed by atoms with Crippen molar-refractivity contribution in [1.29, 1.82) is 0 Å². The minimum absolute atomic E-state index is 0.0243. The molecule has 0 aromatic rings. The SMILES string of the molecule is CC1=CC(C)(I)C=C(C2OCC(C)CO2)C=C1. The van der Waals surface area contributed by atoms with E-state index in [1.165, 1.54) is 5.57 Å². The van der Waals surface area contributed by atoms with Gasteiger partial charge in [0.1, 0.15) is 0 Å². The minimum atomic E-state index is -0.198. The zero-order valence-electron chi connectivity index (χ0n) is 10.6. The first-order valence-electron chi connectivity index (χ1n) is 5.99. The van der Waals surface area contributed by atoms with Gasteiger partial charge in [-0.25, -0.2) is 0 Å². The second-order valence-corrected chi connectivity index (χ2v) is 7.45. The predicted octanol–water partition coefficient (Wildman–Crippen LogP) is 3.63. The summed E-state index contributed by atoms with van der Waals surface area (Å²) in [5.74, 6) is 0.493. The first kappa shape index (κ1) is 13.3. The zero-order valence-corrected chi connectivity index (χ0v) is 12.7. The molecular weight excluding hydrogens is 327 g/mol. The van der Waals surface area contributed by atoms with Gasteiger partial charge in [-0.1, -0.05) is 59.4 Å². The number of hydrogen-bond acceptors (Lipinski definition) is 2. The monoisotopic (exact) mass is 346 g/mol. The second-order valence-electron chi connectivity index (χ2n) is 5.12. The molecule has 0 radical (unpaired) electrons. The van der Waals surface area contributed by atoms with E-state index >= 15 is 0 Å². The largest absolute Gasteiger partial charge is 0.348 e. The van der Waals surface area contributed by atoms with Crippen molar-refractivity contribution in [3.8, 4) is 0 Å². The van der Waals surface area contributed by atoms with Crippen molar-refractivity contribution in [3.05, 3.63) is 35.5 Å². The van der Waals surface area contributed by atoms with E-state index < -0.39 is 0 Å². The van der Waals surface area contributed by atoms with E-state index in [2.05, 4.69) is 67.7 Å². The van der Waals surface area contributed by atoms with Gasteiger partial charge < -0.3 is 9.47 Å². The van der Waals surface area contributed by atoms with E-state index in [9.17, 15) is 0 Å². The molecule has 1 saturated heterocycles. The normalized spacial score (nSPS) is 38.4. The first-order valence-corrected chi connectivity index (χ1v) is 7.06. The number of hydrogen-bond donors (Lipinski definition) is 0. The topological polar surface area (TPSA) is 18.5 Å². The lowest BCUT2D eigenvalue weighted by molar-refractivity contribution is -0.175. The number of allylic oxidation sites excluding steroid dienone is 4. The highest BCUT2D eigenvalue weighted by molar-refractivity contribution is 14.1. The van der Waals surface area contributed by atoms with E-state index in [0.717, 1.165) is 18.8 Å². The van der Waals surface area contributed by atoms with Crippen LogP contribution < -0.4 is 0 Å². The molecule has 2 rings (SSSR count). The lowest BCUT2D eigenvalue weighted by Crippen LogP contribution is -2.32. The summed E-state index contributed by atoms with van der Waals surface area (Å²) in [7, 11) is 0. The minimum Gasteiger partial charge on any atom is -0.348 e. The summed E-state index contributed by atoms with van der Waals surface area (Å²) in [6.45, 7) is 8.01. The number of ether oxygens (including phenoxy) is 2. The third-order valence-corrected chi connectivity index (χ3v) is 3.46. The van der Waals surface area contributed by atoms with Gasteiger partial charge in [0.2, 0.25) is 0 Å². The molecule has 1 heterocycles. The van der Waals surface area contributed by atoms with Gasteiger partial charge in [0, 0.05) is 11.5 Å². The predicted molar refractivity (Wildman–Crippen MR) is 78.3 cm³/mol. The van der Waals surface area contributed by atoms with Crippen LogP contribution in [0.3, 0.4) is 0 Å². The zero-order chi connectivity index (χ0) is 12.5. The van der Waals surface area contributed by atoms with Crippen molar-refractivity contribution in [2.45, 2.75) is 30.5 Å². The Bertz CT molecular complexity index is 372.